The molecule has 4 amide bonds. The summed E-state index contributed by atoms with van der Waals surface area (Å²) in [6.45, 7) is 8.88. The Labute approximate surface area is 419 Å². The number of benzene rings is 4. The van der Waals surface area contributed by atoms with Crippen LogP contribution < -0.4 is 44.1 Å². The number of nitrogens with zero attached hydrogens (tertiary/aromatic N) is 5. The van der Waals surface area contributed by atoms with Crippen molar-refractivity contribution in [2.45, 2.75) is 91.4 Å². The molecule has 4 heterocycles. The number of rotatable bonds is 20. The number of hydrogen-bond acceptors (Lipinski definition) is 11. The molecule has 0 bridgehead atoms. The van der Waals surface area contributed by atoms with Crippen molar-refractivity contribution < 1.29 is 53.0 Å². The SMILES string of the molecule is CCc1c(CC(=O)N[C@@H](Cc2ccccc2)C(=O)N(C)c2ccc3c(c2)OCO3)c(C)[nH][n+]1CCO.CCc1nn(CCO)c(C)c1CC(=O)N[C@@H](Cc1ccccc1)C(=O)N(C)c1ccc2c(c1)OCO2. The third kappa shape index (κ3) is 12.6. The van der Waals surface area contributed by atoms with Crippen LogP contribution in [0.25, 0.3) is 0 Å². The molecule has 2 aliphatic rings. The van der Waals surface area contributed by atoms with Gasteiger partial charge in [0.05, 0.1) is 42.9 Å². The fraction of sp³-hybridized carbons (Fsp3) is 0.370. The maximum Gasteiger partial charge on any atom is 0.249 e. The summed E-state index contributed by atoms with van der Waals surface area (Å²) in [6.07, 6.45) is 2.33. The molecule has 0 unspecified atom stereocenters. The van der Waals surface area contributed by atoms with Crippen LogP contribution in [0.5, 0.6) is 23.0 Å². The van der Waals surface area contributed by atoms with Gasteiger partial charge in [-0.1, -0.05) is 74.5 Å². The van der Waals surface area contributed by atoms with Crippen molar-refractivity contribution in [3.8, 4) is 23.0 Å². The number of likely N-dealkylation sites (N-methyl/N-ethyl adjacent to an activating group) is 2. The zero-order chi connectivity index (χ0) is 51.3. The van der Waals surface area contributed by atoms with Crippen LogP contribution in [0.3, 0.4) is 0 Å². The first-order valence-corrected chi connectivity index (χ1v) is 24.2. The van der Waals surface area contributed by atoms with Gasteiger partial charge in [-0.3, -0.25) is 23.9 Å². The van der Waals surface area contributed by atoms with E-state index in [-0.39, 0.29) is 63.3 Å². The average Bonchev–Trinajstić information content (AvgIpc) is 4.19. The first-order chi connectivity index (χ1) is 34.8. The molecule has 72 heavy (non-hydrogen) atoms. The van der Waals surface area contributed by atoms with E-state index < -0.39 is 12.1 Å². The number of carbonyl (C=O) groups excluding carboxylic acids is 4. The number of aliphatic hydroxyl groups is 2. The second kappa shape index (κ2) is 24.4. The summed E-state index contributed by atoms with van der Waals surface area (Å²) in [5.74, 6) is 1.47. The maximum absolute atomic E-state index is 13.6. The van der Waals surface area contributed by atoms with E-state index >= 15 is 0 Å². The van der Waals surface area contributed by atoms with Crippen molar-refractivity contribution >= 4 is 35.0 Å². The number of carbonyl (C=O) groups is 4. The molecule has 380 valence electrons. The number of aryl methyl sites for hydroxylation is 2. The number of aliphatic hydroxyl groups excluding tert-OH is 2. The summed E-state index contributed by atoms with van der Waals surface area (Å²) < 4.78 is 25.3. The van der Waals surface area contributed by atoms with Gasteiger partial charge < -0.3 is 49.6 Å². The quantitative estimate of drug-likeness (QED) is 0.0683. The molecule has 2 aromatic heterocycles. The molecular weight excluding hydrogens is 921 g/mol. The second-order valence-electron chi connectivity index (χ2n) is 17.5. The predicted molar refractivity (Wildman–Crippen MR) is 269 cm³/mol. The number of anilines is 2. The Morgan fingerprint density at radius 2 is 1.17 bits per heavy atom. The van der Waals surface area contributed by atoms with E-state index in [4.69, 9.17) is 18.9 Å². The van der Waals surface area contributed by atoms with Crippen LogP contribution in [0.1, 0.15) is 58.9 Å². The van der Waals surface area contributed by atoms with E-state index in [1.165, 1.54) is 9.80 Å². The van der Waals surface area contributed by atoms with Crippen molar-refractivity contribution in [2.75, 3.05) is 50.7 Å². The second-order valence-corrected chi connectivity index (χ2v) is 17.5. The van der Waals surface area contributed by atoms with Gasteiger partial charge in [0.1, 0.15) is 18.7 Å². The van der Waals surface area contributed by atoms with E-state index in [9.17, 15) is 29.4 Å². The third-order valence-corrected chi connectivity index (χ3v) is 12.8. The van der Waals surface area contributed by atoms with Crippen LogP contribution in [0.15, 0.2) is 97.1 Å². The maximum atomic E-state index is 13.6. The summed E-state index contributed by atoms with van der Waals surface area (Å²) in [5.41, 5.74) is 8.41. The fourth-order valence-electron chi connectivity index (χ4n) is 8.94. The predicted octanol–water partition coefficient (Wildman–Crippen LogP) is 4.23. The zero-order valence-corrected chi connectivity index (χ0v) is 41.8. The van der Waals surface area contributed by atoms with Crippen LogP contribution >= 0.6 is 0 Å². The number of aromatic amines is 1. The first-order valence-electron chi connectivity index (χ1n) is 24.2. The number of aromatic nitrogens is 4. The number of ether oxygens (including phenoxy) is 4. The summed E-state index contributed by atoms with van der Waals surface area (Å²) in [6, 6.07) is 28.3. The van der Waals surface area contributed by atoms with E-state index in [1.54, 1.807) is 55.2 Å². The van der Waals surface area contributed by atoms with Gasteiger partial charge in [-0.05, 0) is 55.7 Å². The standard InChI is InChI=1S/2C27H32N4O5/c1-4-23-21(18(2)29-31(23)12-13-32)16-26(33)28-22(14-19-8-6-5-7-9-19)27(34)30(3)20-10-11-24-25(15-20)36-17-35-24;1-4-22-21(18(2)31(29-22)12-13-32)16-26(33)28-23(14-19-8-6-5-7-9-19)27(34)30(3)20-10-11-24-25(15-20)36-17-35-24/h5-11,15,22,32H,4,12-14,16-17H2,1-3H3,(H,28,33);5-11,15,23,32H,4,12-14,16-17H2,1-3H3,(H,28,33)/p+1/t22-;23-/m00/s1. The highest BCUT2D eigenvalue weighted by Crippen LogP contribution is 2.36. The average molecular weight is 986 g/mol. The lowest BCUT2D eigenvalue weighted by atomic mass is 10.0. The summed E-state index contributed by atoms with van der Waals surface area (Å²) in [4.78, 5) is 56.7. The number of amides is 4. The summed E-state index contributed by atoms with van der Waals surface area (Å²) >= 11 is 0. The Hall–Kier alpha value is -7.70. The summed E-state index contributed by atoms with van der Waals surface area (Å²) in [7, 11) is 3.37. The van der Waals surface area contributed by atoms with Gasteiger partial charge in [-0.2, -0.15) is 10.2 Å². The monoisotopic (exact) mass is 985 g/mol. The number of fused-ring (bicyclic) bond motifs is 2. The van der Waals surface area contributed by atoms with E-state index in [0.29, 0.717) is 73.1 Å². The zero-order valence-electron chi connectivity index (χ0n) is 41.8. The lowest BCUT2D eigenvalue weighted by Crippen LogP contribution is -2.49. The van der Waals surface area contributed by atoms with Crippen molar-refractivity contribution in [3.63, 3.8) is 0 Å². The van der Waals surface area contributed by atoms with Gasteiger partial charge in [0, 0.05) is 68.1 Å². The molecule has 0 radical (unpaired) electrons. The molecule has 8 rings (SSSR count). The van der Waals surface area contributed by atoms with Gasteiger partial charge in [0.2, 0.25) is 42.9 Å². The Balaban J connectivity index is 0.000000211. The molecule has 2 atom stereocenters. The minimum atomic E-state index is -0.770. The van der Waals surface area contributed by atoms with Gasteiger partial charge in [0.25, 0.3) is 0 Å². The minimum absolute atomic E-state index is 0.00308. The molecule has 2 aliphatic heterocycles. The van der Waals surface area contributed by atoms with E-state index in [0.717, 1.165) is 45.0 Å². The highest BCUT2D eigenvalue weighted by Gasteiger charge is 2.30. The van der Waals surface area contributed by atoms with Crippen molar-refractivity contribution in [2.24, 2.45) is 0 Å². The normalized spacial score (nSPS) is 12.9. The topological polar surface area (TPSA) is 214 Å². The van der Waals surface area contributed by atoms with E-state index in [1.807, 2.05) is 93.0 Å². The smallest absolute Gasteiger partial charge is 0.249 e. The molecule has 0 fully saturated rings. The molecule has 0 saturated carbocycles. The molecule has 18 nitrogen and oxygen atoms in total. The van der Waals surface area contributed by atoms with Gasteiger partial charge in [0.15, 0.2) is 29.5 Å². The Bertz CT molecular complexity index is 2700. The van der Waals surface area contributed by atoms with Crippen LogP contribution in [-0.2, 0) is 70.8 Å². The molecule has 0 saturated heterocycles. The molecule has 4 aromatic carbocycles. The van der Waals surface area contributed by atoms with Gasteiger partial charge in [-0.15, -0.1) is 4.68 Å². The lowest BCUT2D eigenvalue weighted by Gasteiger charge is -2.25. The lowest BCUT2D eigenvalue weighted by molar-refractivity contribution is -0.757. The summed E-state index contributed by atoms with van der Waals surface area (Å²) in [5, 5.41) is 32.4. The van der Waals surface area contributed by atoms with Crippen molar-refractivity contribution in [3.05, 3.63) is 142 Å². The van der Waals surface area contributed by atoms with Crippen LogP contribution in [-0.4, -0.2) is 102 Å². The molecular formula is C54H65N8O10+. The molecule has 0 aliphatic carbocycles. The Morgan fingerprint density at radius 3 is 1.62 bits per heavy atom. The van der Waals surface area contributed by atoms with Gasteiger partial charge in [-0.25, -0.2) is 0 Å². The van der Waals surface area contributed by atoms with Crippen molar-refractivity contribution in [1.82, 2.24) is 25.5 Å². The number of hydrogen-bond donors (Lipinski definition) is 5. The number of H-pyrrole nitrogens is 1. The van der Waals surface area contributed by atoms with Gasteiger partial charge >= 0.3 is 0 Å². The van der Waals surface area contributed by atoms with Crippen molar-refractivity contribution in [1.29, 1.82) is 0 Å². The van der Waals surface area contributed by atoms with Crippen LogP contribution in [0.4, 0.5) is 11.4 Å². The first kappa shape index (κ1) is 52.1. The van der Waals surface area contributed by atoms with E-state index in [2.05, 4.69) is 20.8 Å². The fourth-order valence-corrected chi connectivity index (χ4v) is 8.94. The van der Waals surface area contributed by atoms with Crippen LogP contribution in [0, 0.1) is 13.8 Å². The Kier molecular flexibility index (Phi) is 17.7. The third-order valence-electron chi connectivity index (χ3n) is 12.8. The van der Waals surface area contributed by atoms with Crippen LogP contribution in [0.2, 0.25) is 0 Å². The largest absolute Gasteiger partial charge is 0.454 e. The molecule has 0 spiro atoms. The Morgan fingerprint density at radius 1 is 0.681 bits per heavy atom. The highest BCUT2D eigenvalue weighted by atomic mass is 16.7. The highest BCUT2D eigenvalue weighted by molar-refractivity contribution is 6.00. The molecule has 6 aromatic rings. The number of nitrogens with one attached hydrogen (secondary N) is 3. The molecule has 5 N–H and O–H groups in total. The molecule has 18 heteroatoms. The minimum Gasteiger partial charge on any atom is -0.454 e.